The second-order valence-electron chi connectivity index (χ2n) is 6.77. The van der Waals surface area contributed by atoms with Crippen molar-refractivity contribution in [2.45, 2.75) is 17.7 Å². The van der Waals surface area contributed by atoms with Crippen LogP contribution in [-0.2, 0) is 14.8 Å². The summed E-state index contributed by atoms with van der Waals surface area (Å²) in [6.07, 6.45) is 0.771. The van der Waals surface area contributed by atoms with Crippen LogP contribution in [0.1, 0.15) is 12.8 Å². The van der Waals surface area contributed by atoms with E-state index >= 15 is 0 Å². The first-order valence-electron chi connectivity index (χ1n) is 9.39. The van der Waals surface area contributed by atoms with Gasteiger partial charge in [-0.2, -0.15) is 4.31 Å². The fraction of sp³-hybridized carbons (Fsp3) is 0.350. The third-order valence-corrected chi connectivity index (χ3v) is 6.89. The standard InChI is InChI=1S/C20H21ClF2N2O4S/c21-15-3-6-17(7-4-15)29-13-1-2-20(26)24-9-11-25(12-10-24)30(27,28)19-14-16(22)5-8-18(19)23/h3-8,14H,1-2,9-13H2. The summed E-state index contributed by atoms with van der Waals surface area (Å²) in [5.41, 5.74) is 0. The van der Waals surface area contributed by atoms with Gasteiger partial charge < -0.3 is 9.64 Å². The Morgan fingerprint density at radius 2 is 1.70 bits per heavy atom. The lowest BCUT2D eigenvalue weighted by atomic mass is 10.2. The lowest BCUT2D eigenvalue weighted by Crippen LogP contribution is -2.50. The predicted octanol–water partition coefficient (Wildman–Crippen LogP) is 3.31. The highest BCUT2D eigenvalue weighted by Crippen LogP contribution is 2.22. The lowest BCUT2D eigenvalue weighted by Gasteiger charge is -2.34. The van der Waals surface area contributed by atoms with Crippen LogP contribution in [0, 0.1) is 11.6 Å². The Morgan fingerprint density at radius 1 is 1.03 bits per heavy atom. The second kappa shape index (κ2) is 9.72. The minimum atomic E-state index is -4.17. The number of carbonyl (C=O) groups excluding carboxylic acids is 1. The number of hydrogen-bond donors (Lipinski definition) is 0. The Balaban J connectivity index is 1.47. The molecule has 0 atom stereocenters. The van der Waals surface area contributed by atoms with Crippen molar-refractivity contribution < 1.29 is 26.7 Å². The number of halogens is 3. The number of piperazine rings is 1. The van der Waals surface area contributed by atoms with Gasteiger partial charge in [-0.15, -0.1) is 0 Å². The number of nitrogens with zero attached hydrogens (tertiary/aromatic N) is 2. The number of hydrogen-bond acceptors (Lipinski definition) is 4. The second-order valence-corrected chi connectivity index (χ2v) is 9.11. The van der Waals surface area contributed by atoms with Crippen LogP contribution in [0.5, 0.6) is 5.75 Å². The van der Waals surface area contributed by atoms with Crippen molar-refractivity contribution in [3.8, 4) is 5.75 Å². The van der Waals surface area contributed by atoms with Crippen molar-refractivity contribution in [3.63, 3.8) is 0 Å². The number of carbonyl (C=O) groups is 1. The Morgan fingerprint density at radius 3 is 2.37 bits per heavy atom. The molecule has 30 heavy (non-hydrogen) atoms. The molecule has 0 unspecified atom stereocenters. The Kier molecular flexibility index (Phi) is 7.27. The van der Waals surface area contributed by atoms with Crippen LogP contribution in [0.15, 0.2) is 47.4 Å². The number of ether oxygens (including phenoxy) is 1. The van der Waals surface area contributed by atoms with Crippen LogP contribution in [0.4, 0.5) is 8.78 Å². The minimum absolute atomic E-state index is 0.0191. The van der Waals surface area contributed by atoms with Gasteiger partial charge in [-0.05, 0) is 48.9 Å². The average Bonchev–Trinajstić information content (AvgIpc) is 2.74. The van der Waals surface area contributed by atoms with E-state index in [0.29, 0.717) is 29.9 Å². The molecule has 2 aromatic carbocycles. The number of amides is 1. The Labute approximate surface area is 179 Å². The number of sulfonamides is 1. The van der Waals surface area contributed by atoms with E-state index in [4.69, 9.17) is 16.3 Å². The van der Waals surface area contributed by atoms with Crippen molar-refractivity contribution in [1.29, 1.82) is 0 Å². The van der Waals surface area contributed by atoms with Gasteiger partial charge in [0.05, 0.1) is 6.61 Å². The monoisotopic (exact) mass is 458 g/mol. The zero-order chi connectivity index (χ0) is 21.7. The zero-order valence-electron chi connectivity index (χ0n) is 16.1. The van der Waals surface area contributed by atoms with E-state index in [2.05, 4.69) is 0 Å². The molecule has 1 aliphatic heterocycles. The van der Waals surface area contributed by atoms with Crippen molar-refractivity contribution in [2.24, 2.45) is 0 Å². The maximum absolute atomic E-state index is 13.9. The average molecular weight is 459 g/mol. The molecule has 0 spiro atoms. The molecular weight excluding hydrogens is 438 g/mol. The van der Waals surface area contributed by atoms with Crippen LogP contribution in [0.2, 0.25) is 5.02 Å². The lowest BCUT2D eigenvalue weighted by molar-refractivity contribution is -0.132. The third kappa shape index (κ3) is 5.47. The first-order chi connectivity index (χ1) is 14.3. The van der Waals surface area contributed by atoms with Gasteiger partial charge in [0.15, 0.2) is 0 Å². The topological polar surface area (TPSA) is 66.9 Å². The fourth-order valence-corrected chi connectivity index (χ4v) is 4.72. The first kappa shape index (κ1) is 22.5. The highest BCUT2D eigenvalue weighted by atomic mass is 35.5. The normalized spacial score (nSPS) is 15.2. The Bertz CT molecular complexity index is 994. The summed E-state index contributed by atoms with van der Waals surface area (Å²) < 4.78 is 59.1. The molecule has 0 N–H and O–H groups in total. The molecule has 3 rings (SSSR count). The molecule has 1 fully saturated rings. The maximum Gasteiger partial charge on any atom is 0.246 e. The van der Waals surface area contributed by atoms with E-state index in [1.165, 1.54) is 0 Å². The van der Waals surface area contributed by atoms with E-state index < -0.39 is 26.6 Å². The molecule has 0 bridgehead atoms. The molecule has 2 aromatic rings. The van der Waals surface area contributed by atoms with Crippen molar-refractivity contribution in [2.75, 3.05) is 32.8 Å². The molecule has 0 aromatic heterocycles. The van der Waals surface area contributed by atoms with E-state index in [1.807, 2.05) is 0 Å². The van der Waals surface area contributed by atoms with Crippen LogP contribution in [0.25, 0.3) is 0 Å². The van der Waals surface area contributed by atoms with Gasteiger partial charge in [0.1, 0.15) is 22.3 Å². The molecule has 1 aliphatic rings. The van der Waals surface area contributed by atoms with Crippen LogP contribution < -0.4 is 4.74 Å². The SMILES string of the molecule is O=C(CCCOc1ccc(Cl)cc1)N1CCN(S(=O)(=O)c2cc(F)ccc2F)CC1. The highest BCUT2D eigenvalue weighted by molar-refractivity contribution is 7.89. The molecule has 0 saturated carbocycles. The molecule has 1 saturated heterocycles. The Hall–Kier alpha value is -2.23. The molecule has 10 heteroatoms. The molecule has 162 valence electrons. The summed E-state index contributed by atoms with van der Waals surface area (Å²) in [6.45, 7) is 0.775. The summed E-state index contributed by atoms with van der Waals surface area (Å²) in [7, 11) is -4.17. The third-order valence-electron chi connectivity index (χ3n) is 4.72. The van der Waals surface area contributed by atoms with Crippen molar-refractivity contribution >= 4 is 27.5 Å². The summed E-state index contributed by atoms with van der Waals surface area (Å²) >= 11 is 5.81. The van der Waals surface area contributed by atoms with Gasteiger partial charge in [-0.3, -0.25) is 4.79 Å². The van der Waals surface area contributed by atoms with Gasteiger partial charge >= 0.3 is 0 Å². The molecule has 1 heterocycles. The summed E-state index contributed by atoms with van der Waals surface area (Å²) in [4.78, 5) is 13.2. The number of benzene rings is 2. The molecule has 0 radical (unpaired) electrons. The predicted molar refractivity (Wildman–Crippen MR) is 108 cm³/mol. The van der Waals surface area contributed by atoms with E-state index in [-0.39, 0.29) is 38.5 Å². The highest BCUT2D eigenvalue weighted by Gasteiger charge is 2.32. The smallest absolute Gasteiger partial charge is 0.246 e. The fourth-order valence-electron chi connectivity index (χ4n) is 3.09. The van der Waals surface area contributed by atoms with Gasteiger partial charge in [0.2, 0.25) is 15.9 Å². The summed E-state index contributed by atoms with van der Waals surface area (Å²) in [6, 6.07) is 9.23. The van der Waals surface area contributed by atoms with E-state index in [1.54, 1.807) is 29.2 Å². The first-order valence-corrected chi connectivity index (χ1v) is 11.2. The van der Waals surface area contributed by atoms with Gasteiger partial charge in [0.25, 0.3) is 0 Å². The van der Waals surface area contributed by atoms with Crippen LogP contribution in [-0.4, -0.2) is 56.3 Å². The van der Waals surface area contributed by atoms with Gasteiger partial charge in [-0.1, -0.05) is 11.6 Å². The van der Waals surface area contributed by atoms with Crippen molar-refractivity contribution in [1.82, 2.24) is 9.21 Å². The largest absolute Gasteiger partial charge is 0.494 e. The van der Waals surface area contributed by atoms with Gasteiger partial charge in [-0.25, -0.2) is 17.2 Å². The van der Waals surface area contributed by atoms with Crippen LogP contribution >= 0.6 is 11.6 Å². The molecular formula is C20H21ClF2N2O4S. The minimum Gasteiger partial charge on any atom is -0.494 e. The quantitative estimate of drug-likeness (QED) is 0.597. The number of rotatable bonds is 7. The zero-order valence-corrected chi connectivity index (χ0v) is 17.6. The van der Waals surface area contributed by atoms with Crippen LogP contribution in [0.3, 0.4) is 0 Å². The molecule has 6 nitrogen and oxygen atoms in total. The van der Waals surface area contributed by atoms with E-state index in [9.17, 15) is 22.0 Å². The van der Waals surface area contributed by atoms with Crippen molar-refractivity contribution in [3.05, 3.63) is 59.1 Å². The molecule has 1 amide bonds. The van der Waals surface area contributed by atoms with Gasteiger partial charge in [0, 0.05) is 37.6 Å². The summed E-state index contributed by atoms with van der Waals surface area (Å²) in [5.74, 6) is -1.28. The molecule has 0 aliphatic carbocycles. The summed E-state index contributed by atoms with van der Waals surface area (Å²) in [5, 5.41) is 0.610. The van der Waals surface area contributed by atoms with E-state index in [0.717, 1.165) is 16.4 Å². The maximum atomic E-state index is 13.9.